The Hall–Kier alpha value is -3.44. The third-order valence-corrected chi connectivity index (χ3v) is 5.31. The van der Waals surface area contributed by atoms with Gasteiger partial charge in [-0.3, -0.25) is 14.2 Å². The van der Waals surface area contributed by atoms with Crippen LogP contribution in [0, 0.1) is 12.3 Å². The lowest BCUT2D eigenvalue weighted by Gasteiger charge is -2.14. The maximum absolute atomic E-state index is 13.2. The molecule has 7 nitrogen and oxygen atoms in total. The average molecular weight is 423 g/mol. The van der Waals surface area contributed by atoms with Crippen LogP contribution < -0.4 is 20.3 Å². The second-order valence-electron chi connectivity index (χ2n) is 6.26. The lowest BCUT2D eigenvalue weighted by atomic mass is 10.2. The van der Waals surface area contributed by atoms with Crippen molar-refractivity contribution in [3.8, 4) is 23.8 Å². The average Bonchev–Trinajstić information content (AvgIpc) is 2.78. The highest BCUT2D eigenvalue weighted by molar-refractivity contribution is 7.99. The van der Waals surface area contributed by atoms with E-state index >= 15 is 0 Å². The topological polar surface area (TPSA) is 82.5 Å². The van der Waals surface area contributed by atoms with Crippen molar-refractivity contribution >= 4 is 28.6 Å². The van der Waals surface area contributed by atoms with Crippen LogP contribution in [0.15, 0.2) is 52.4 Å². The number of rotatable bonds is 8. The number of hydrogen-bond acceptors (Lipinski definition) is 6. The van der Waals surface area contributed by atoms with E-state index in [2.05, 4.69) is 16.2 Å². The van der Waals surface area contributed by atoms with Crippen molar-refractivity contribution in [1.29, 1.82) is 0 Å². The van der Waals surface area contributed by atoms with Gasteiger partial charge in [-0.25, -0.2) is 4.98 Å². The molecule has 8 heteroatoms. The molecule has 2 aromatic carbocycles. The Morgan fingerprint density at radius 1 is 1.20 bits per heavy atom. The second-order valence-corrected chi connectivity index (χ2v) is 7.20. The monoisotopic (exact) mass is 423 g/mol. The molecule has 0 bridgehead atoms. The molecule has 0 aliphatic carbocycles. The molecule has 0 spiro atoms. The summed E-state index contributed by atoms with van der Waals surface area (Å²) >= 11 is 1.19. The molecule has 30 heavy (non-hydrogen) atoms. The van der Waals surface area contributed by atoms with Gasteiger partial charge in [-0.2, -0.15) is 0 Å². The maximum atomic E-state index is 13.2. The first-order valence-electron chi connectivity index (χ1n) is 9.10. The van der Waals surface area contributed by atoms with Crippen molar-refractivity contribution < 1.29 is 14.3 Å². The quantitative estimate of drug-likeness (QED) is 0.340. The zero-order chi connectivity index (χ0) is 21.5. The second kappa shape index (κ2) is 9.85. The molecule has 1 aromatic heterocycles. The van der Waals surface area contributed by atoms with Crippen LogP contribution in [0.4, 0.5) is 0 Å². The number of methoxy groups -OCH3 is 2. The van der Waals surface area contributed by atoms with Crippen LogP contribution in [0.5, 0.6) is 11.5 Å². The summed E-state index contributed by atoms with van der Waals surface area (Å²) in [4.78, 5) is 29.8. The van der Waals surface area contributed by atoms with Crippen LogP contribution >= 0.6 is 11.8 Å². The molecule has 0 radical (unpaired) electrons. The van der Waals surface area contributed by atoms with Crippen molar-refractivity contribution in [1.82, 2.24) is 14.9 Å². The SMILES string of the molecule is C#CCNC(=O)CSc1nc2ccccc2c(=O)n1Cc1ccc(OC)c(OC)c1. The molecule has 0 unspecified atom stereocenters. The standard InChI is InChI=1S/C22H21N3O4S/c1-4-11-23-20(26)14-30-22-24-17-8-6-5-7-16(17)21(27)25(22)13-15-9-10-18(28-2)19(12-15)29-3/h1,5-10,12H,11,13-14H2,2-3H3,(H,23,26). The molecular weight excluding hydrogens is 402 g/mol. The summed E-state index contributed by atoms with van der Waals surface area (Å²) in [7, 11) is 3.12. The number of hydrogen-bond donors (Lipinski definition) is 1. The van der Waals surface area contributed by atoms with Gasteiger partial charge in [-0.15, -0.1) is 6.42 Å². The van der Waals surface area contributed by atoms with Crippen molar-refractivity contribution in [2.75, 3.05) is 26.5 Å². The van der Waals surface area contributed by atoms with E-state index in [1.54, 1.807) is 43.1 Å². The van der Waals surface area contributed by atoms with Gasteiger partial charge >= 0.3 is 0 Å². The fourth-order valence-electron chi connectivity index (χ4n) is 2.89. The predicted octanol–water partition coefficient (Wildman–Crippen LogP) is 2.30. The lowest BCUT2D eigenvalue weighted by Crippen LogP contribution is -2.27. The minimum Gasteiger partial charge on any atom is -0.493 e. The Morgan fingerprint density at radius 2 is 1.97 bits per heavy atom. The molecule has 0 atom stereocenters. The van der Waals surface area contributed by atoms with Crippen LogP contribution in [0.1, 0.15) is 5.56 Å². The summed E-state index contributed by atoms with van der Waals surface area (Å²) in [6.07, 6.45) is 5.17. The van der Waals surface area contributed by atoms with Crippen LogP contribution in [0.25, 0.3) is 10.9 Å². The molecule has 1 N–H and O–H groups in total. The third-order valence-electron chi connectivity index (χ3n) is 4.34. The van der Waals surface area contributed by atoms with Gasteiger partial charge in [0.15, 0.2) is 16.7 Å². The molecule has 1 heterocycles. The summed E-state index contributed by atoms with van der Waals surface area (Å²) in [5.74, 6) is 3.40. The third kappa shape index (κ3) is 4.75. The minimum atomic E-state index is -0.224. The highest BCUT2D eigenvalue weighted by Gasteiger charge is 2.14. The van der Waals surface area contributed by atoms with E-state index in [0.717, 1.165) is 5.56 Å². The molecule has 3 rings (SSSR count). The van der Waals surface area contributed by atoms with Crippen LogP contribution in [0.3, 0.4) is 0 Å². The normalized spacial score (nSPS) is 10.4. The number of carbonyl (C=O) groups is 1. The summed E-state index contributed by atoms with van der Waals surface area (Å²) in [6, 6.07) is 12.6. The van der Waals surface area contributed by atoms with Crippen molar-refractivity contribution in [2.45, 2.75) is 11.7 Å². The summed E-state index contributed by atoms with van der Waals surface area (Å²) in [6.45, 7) is 0.425. The van der Waals surface area contributed by atoms with Gasteiger partial charge in [0, 0.05) is 0 Å². The molecule has 0 aliphatic heterocycles. The summed E-state index contributed by atoms with van der Waals surface area (Å²) < 4.78 is 12.2. The summed E-state index contributed by atoms with van der Waals surface area (Å²) in [5.41, 5.74) is 1.24. The van der Waals surface area contributed by atoms with E-state index in [1.165, 1.54) is 11.8 Å². The number of terminal acetylenes is 1. The number of aromatic nitrogens is 2. The van der Waals surface area contributed by atoms with Gasteiger partial charge in [0.25, 0.3) is 5.56 Å². The first-order valence-corrected chi connectivity index (χ1v) is 10.1. The molecule has 0 fully saturated rings. The number of thioether (sulfide) groups is 1. The van der Waals surface area contributed by atoms with Gasteiger partial charge in [0.2, 0.25) is 5.91 Å². The number of nitrogens with one attached hydrogen (secondary N) is 1. The van der Waals surface area contributed by atoms with Gasteiger partial charge < -0.3 is 14.8 Å². The Kier molecular flexibility index (Phi) is 6.99. The number of benzene rings is 2. The van der Waals surface area contributed by atoms with Gasteiger partial charge in [0.05, 0.1) is 44.0 Å². The zero-order valence-corrected chi connectivity index (χ0v) is 17.5. The first-order chi connectivity index (χ1) is 14.6. The molecule has 3 aromatic rings. The number of amides is 1. The maximum Gasteiger partial charge on any atom is 0.262 e. The molecule has 1 amide bonds. The zero-order valence-electron chi connectivity index (χ0n) is 16.7. The fourth-order valence-corrected chi connectivity index (χ4v) is 3.72. The van der Waals surface area contributed by atoms with E-state index < -0.39 is 0 Å². The Bertz CT molecular complexity index is 1170. The molecular formula is C22H21N3O4S. The van der Waals surface area contributed by atoms with Crippen molar-refractivity contribution in [3.05, 3.63) is 58.4 Å². The fraction of sp³-hybridized carbons (Fsp3) is 0.227. The van der Waals surface area contributed by atoms with E-state index in [4.69, 9.17) is 15.9 Å². The largest absolute Gasteiger partial charge is 0.493 e. The predicted molar refractivity (Wildman–Crippen MR) is 117 cm³/mol. The number of nitrogens with zero attached hydrogens (tertiary/aromatic N) is 2. The van der Waals surface area contributed by atoms with Gasteiger partial charge in [-0.1, -0.05) is 35.9 Å². The van der Waals surface area contributed by atoms with Crippen LogP contribution in [0.2, 0.25) is 0 Å². The van der Waals surface area contributed by atoms with E-state index in [0.29, 0.717) is 27.6 Å². The lowest BCUT2D eigenvalue weighted by molar-refractivity contribution is -0.118. The Morgan fingerprint density at radius 3 is 2.70 bits per heavy atom. The molecule has 0 aliphatic rings. The summed E-state index contributed by atoms with van der Waals surface area (Å²) in [5, 5.41) is 3.57. The number of carbonyl (C=O) groups excluding carboxylic acids is 1. The van der Waals surface area contributed by atoms with Gasteiger partial charge in [0.1, 0.15) is 0 Å². The van der Waals surface area contributed by atoms with E-state index in [9.17, 15) is 9.59 Å². The van der Waals surface area contributed by atoms with Gasteiger partial charge in [-0.05, 0) is 29.8 Å². The molecule has 0 saturated carbocycles. The highest BCUT2D eigenvalue weighted by Crippen LogP contribution is 2.28. The van der Waals surface area contributed by atoms with Crippen LogP contribution in [-0.2, 0) is 11.3 Å². The number of para-hydroxylation sites is 1. The highest BCUT2D eigenvalue weighted by atomic mass is 32.2. The van der Waals surface area contributed by atoms with Crippen molar-refractivity contribution in [2.24, 2.45) is 0 Å². The number of ether oxygens (including phenoxy) is 2. The minimum absolute atomic E-state index is 0.0956. The Labute approximate surface area is 178 Å². The van der Waals surface area contributed by atoms with E-state index in [1.807, 2.05) is 18.2 Å². The first kappa shape index (κ1) is 21.3. The number of fused-ring (bicyclic) bond motifs is 1. The van der Waals surface area contributed by atoms with Crippen molar-refractivity contribution in [3.63, 3.8) is 0 Å². The molecule has 0 saturated heterocycles. The molecule has 154 valence electrons. The van der Waals surface area contributed by atoms with Crippen LogP contribution in [-0.4, -0.2) is 42.0 Å². The van der Waals surface area contributed by atoms with E-state index in [-0.39, 0.29) is 30.3 Å². The Balaban J connectivity index is 1.99. The smallest absolute Gasteiger partial charge is 0.262 e.